The zero-order chi connectivity index (χ0) is 24.7. The number of pyridine rings is 1. The number of nitrogens with zero attached hydrogens (tertiary/aromatic N) is 4. The van der Waals surface area contributed by atoms with Crippen LogP contribution in [0.15, 0.2) is 79.1 Å². The molecule has 2 aromatic heterocycles. The van der Waals surface area contributed by atoms with E-state index in [-0.39, 0.29) is 16.8 Å². The van der Waals surface area contributed by atoms with Crippen LogP contribution >= 0.6 is 0 Å². The SMILES string of the molecule is CCc1ccc[n+](C2=C(c3c(-c4ccccc4)nn(C)c3[O-])C(=O)N(c3cccc(C)c3)C2=O)c1. The summed E-state index contributed by atoms with van der Waals surface area (Å²) in [6.07, 6.45) is 4.30. The lowest BCUT2D eigenvalue weighted by molar-refractivity contribution is -0.577. The molecule has 2 aromatic carbocycles. The third-order valence-corrected chi connectivity index (χ3v) is 6.14. The highest BCUT2D eigenvalue weighted by Crippen LogP contribution is 2.40. The van der Waals surface area contributed by atoms with Crippen molar-refractivity contribution in [3.8, 4) is 17.1 Å². The fourth-order valence-electron chi connectivity index (χ4n) is 4.39. The smallest absolute Gasteiger partial charge is 0.331 e. The van der Waals surface area contributed by atoms with E-state index in [4.69, 9.17) is 0 Å². The minimum Gasteiger partial charge on any atom is -0.858 e. The molecule has 3 heterocycles. The van der Waals surface area contributed by atoms with Crippen molar-refractivity contribution in [2.45, 2.75) is 20.3 Å². The zero-order valence-electron chi connectivity index (χ0n) is 19.7. The molecule has 1 aliphatic heterocycles. The molecule has 0 unspecified atom stereocenters. The second kappa shape index (κ2) is 8.68. The van der Waals surface area contributed by atoms with Crippen molar-refractivity contribution in [2.75, 3.05) is 4.90 Å². The average Bonchev–Trinajstić information content (AvgIpc) is 3.30. The van der Waals surface area contributed by atoms with E-state index in [2.05, 4.69) is 5.10 Å². The summed E-state index contributed by atoms with van der Waals surface area (Å²) in [5.41, 5.74) is 3.72. The summed E-state index contributed by atoms with van der Waals surface area (Å²) in [5.74, 6) is -1.47. The molecule has 0 bridgehead atoms. The summed E-state index contributed by atoms with van der Waals surface area (Å²) in [7, 11) is 1.54. The van der Waals surface area contributed by atoms with Crippen LogP contribution < -0.4 is 14.6 Å². The molecule has 5 rings (SSSR count). The van der Waals surface area contributed by atoms with Gasteiger partial charge in [0.05, 0.1) is 11.4 Å². The normalized spacial score (nSPS) is 13.7. The molecule has 0 fully saturated rings. The van der Waals surface area contributed by atoms with Gasteiger partial charge in [0.15, 0.2) is 12.4 Å². The summed E-state index contributed by atoms with van der Waals surface area (Å²) in [6.45, 7) is 3.91. The van der Waals surface area contributed by atoms with Gasteiger partial charge in [-0.2, -0.15) is 9.67 Å². The summed E-state index contributed by atoms with van der Waals surface area (Å²) in [5, 5.41) is 17.8. The van der Waals surface area contributed by atoms with Crippen LogP contribution in [-0.4, -0.2) is 21.6 Å². The maximum atomic E-state index is 14.0. The van der Waals surface area contributed by atoms with Crippen molar-refractivity contribution in [2.24, 2.45) is 7.05 Å². The molecule has 0 saturated heterocycles. The molecule has 2 amide bonds. The average molecular weight is 465 g/mol. The molecule has 35 heavy (non-hydrogen) atoms. The largest absolute Gasteiger partial charge is 0.858 e. The standard InChI is InChI=1S/C28H24N4O3/c1-4-19-11-9-15-31(17-19)25-23(27(34)32(28(25)35)21-14-8-10-18(2)16-21)22-24(29-30(3)26(22)33)20-12-6-5-7-13-20/h5-17H,4H2,1-3H3. The number of imide groups is 1. The summed E-state index contributed by atoms with van der Waals surface area (Å²) >= 11 is 0. The fraction of sp³-hybridized carbons (Fsp3) is 0.143. The Morgan fingerprint density at radius 3 is 2.46 bits per heavy atom. The number of aromatic nitrogens is 3. The Bertz CT molecular complexity index is 1500. The molecule has 0 atom stereocenters. The number of anilines is 1. The number of rotatable bonds is 5. The van der Waals surface area contributed by atoms with Crippen LogP contribution in [0.5, 0.6) is 5.88 Å². The Morgan fingerprint density at radius 2 is 1.74 bits per heavy atom. The van der Waals surface area contributed by atoms with E-state index in [9.17, 15) is 14.7 Å². The third kappa shape index (κ3) is 3.71. The van der Waals surface area contributed by atoms with E-state index in [1.807, 2.05) is 68.6 Å². The lowest BCUT2D eigenvalue weighted by Crippen LogP contribution is -2.40. The van der Waals surface area contributed by atoms with Gasteiger partial charge < -0.3 is 5.11 Å². The predicted octanol–water partition coefficient (Wildman–Crippen LogP) is 3.26. The van der Waals surface area contributed by atoms with Gasteiger partial charge in [-0.05, 0) is 43.0 Å². The summed E-state index contributed by atoms with van der Waals surface area (Å²) in [4.78, 5) is 29.0. The number of carbonyl (C=O) groups excluding carboxylic acids is 2. The zero-order valence-corrected chi connectivity index (χ0v) is 19.7. The van der Waals surface area contributed by atoms with Crippen LogP contribution in [0, 0.1) is 6.92 Å². The van der Waals surface area contributed by atoms with Gasteiger partial charge in [0.2, 0.25) is 0 Å². The van der Waals surface area contributed by atoms with Crippen molar-refractivity contribution in [3.05, 3.63) is 95.8 Å². The van der Waals surface area contributed by atoms with Gasteiger partial charge in [-0.25, -0.2) is 4.90 Å². The Balaban J connectivity index is 1.81. The van der Waals surface area contributed by atoms with Gasteiger partial charge in [0.25, 0.3) is 11.6 Å². The van der Waals surface area contributed by atoms with Crippen LogP contribution in [-0.2, 0) is 23.1 Å². The number of hydrogen-bond acceptors (Lipinski definition) is 4. The highest BCUT2D eigenvalue weighted by atomic mass is 16.3. The molecule has 0 saturated carbocycles. The molecule has 0 aliphatic carbocycles. The predicted molar refractivity (Wildman–Crippen MR) is 131 cm³/mol. The van der Waals surface area contributed by atoms with Crippen LogP contribution in [0.25, 0.3) is 22.5 Å². The quantitative estimate of drug-likeness (QED) is 0.335. The summed E-state index contributed by atoms with van der Waals surface area (Å²) in [6, 6.07) is 20.2. The number of benzene rings is 2. The molecule has 7 nitrogen and oxygen atoms in total. The van der Waals surface area contributed by atoms with Crippen molar-refractivity contribution in [1.29, 1.82) is 0 Å². The second-order valence-electron chi connectivity index (χ2n) is 8.50. The highest BCUT2D eigenvalue weighted by Gasteiger charge is 2.47. The van der Waals surface area contributed by atoms with Crippen LogP contribution in [0.1, 0.15) is 23.6 Å². The fourth-order valence-corrected chi connectivity index (χ4v) is 4.39. The lowest BCUT2D eigenvalue weighted by atomic mass is 10.00. The van der Waals surface area contributed by atoms with Crippen LogP contribution in [0.4, 0.5) is 5.69 Å². The van der Waals surface area contributed by atoms with Gasteiger partial charge in [-0.3, -0.25) is 14.3 Å². The van der Waals surface area contributed by atoms with Gasteiger partial charge in [-0.1, -0.05) is 49.4 Å². The molecule has 4 aromatic rings. The van der Waals surface area contributed by atoms with Gasteiger partial charge in [-0.15, -0.1) is 0 Å². The maximum Gasteiger partial charge on any atom is 0.331 e. The second-order valence-corrected chi connectivity index (χ2v) is 8.50. The highest BCUT2D eigenvalue weighted by molar-refractivity contribution is 6.53. The van der Waals surface area contributed by atoms with E-state index in [0.29, 0.717) is 16.9 Å². The van der Waals surface area contributed by atoms with Gasteiger partial charge in [0.1, 0.15) is 5.57 Å². The molecular weight excluding hydrogens is 440 g/mol. The van der Waals surface area contributed by atoms with Crippen LogP contribution in [0.3, 0.4) is 0 Å². The summed E-state index contributed by atoms with van der Waals surface area (Å²) < 4.78 is 2.86. The molecular formula is C28H24N4O3. The van der Waals surface area contributed by atoms with Crippen molar-refractivity contribution >= 4 is 28.8 Å². The number of carbonyl (C=O) groups is 2. The van der Waals surface area contributed by atoms with Crippen molar-refractivity contribution in [3.63, 3.8) is 0 Å². The number of hydrogen-bond donors (Lipinski definition) is 0. The Kier molecular flexibility index (Phi) is 5.53. The van der Waals surface area contributed by atoms with E-state index in [1.165, 1.54) is 4.68 Å². The molecule has 1 aliphatic rings. The number of amides is 2. The molecule has 7 heteroatoms. The Hall–Kier alpha value is -4.52. The van der Waals surface area contributed by atoms with Crippen molar-refractivity contribution in [1.82, 2.24) is 9.78 Å². The first-order valence-electron chi connectivity index (χ1n) is 11.4. The first kappa shape index (κ1) is 22.3. The monoisotopic (exact) mass is 464 g/mol. The molecule has 0 radical (unpaired) electrons. The van der Waals surface area contributed by atoms with Crippen LogP contribution in [0.2, 0.25) is 0 Å². The Labute approximate surface area is 203 Å². The lowest BCUT2D eigenvalue weighted by Gasteiger charge is -2.15. The Morgan fingerprint density at radius 1 is 0.971 bits per heavy atom. The molecule has 0 spiro atoms. The van der Waals surface area contributed by atoms with Crippen molar-refractivity contribution < 1.29 is 19.3 Å². The first-order valence-corrected chi connectivity index (χ1v) is 11.4. The number of aryl methyl sites for hydroxylation is 3. The van der Waals surface area contributed by atoms with E-state index in [0.717, 1.165) is 22.4 Å². The molecule has 174 valence electrons. The third-order valence-electron chi connectivity index (χ3n) is 6.14. The minimum atomic E-state index is -0.549. The first-order chi connectivity index (χ1) is 16.9. The van der Waals surface area contributed by atoms with Gasteiger partial charge >= 0.3 is 5.91 Å². The topological polar surface area (TPSA) is 82.1 Å². The van der Waals surface area contributed by atoms with E-state index < -0.39 is 17.7 Å². The molecule has 0 N–H and O–H groups in total. The van der Waals surface area contributed by atoms with E-state index in [1.54, 1.807) is 36.0 Å². The van der Waals surface area contributed by atoms with Gasteiger partial charge in [0, 0.05) is 29.8 Å². The maximum absolute atomic E-state index is 14.0. The minimum absolute atomic E-state index is 0.0479. The van der Waals surface area contributed by atoms with E-state index >= 15 is 0 Å².